The molecule has 0 spiro atoms. The molecular weight excluding hydrogens is 176 g/mol. The van der Waals surface area contributed by atoms with Crippen molar-refractivity contribution >= 4 is 15.9 Å². The number of rotatable bonds is 5. The van der Waals surface area contributed by atoms with Crippen molar-refractivity contribution in [2.45, 2.75) is 38.5 Å². The lowest BCUT2D eigenvalue weighted by Crippen LogP contribution is -1.79. The molecule has 9 heavy (non-hydrogen) atoms. The first-order valence-electron chi connectivity index (χ1n) is 3.99. The third-order valence-electron chi connectivity index (χ3n) is 1.94. The highest BCUT2D eigenvalue weighted by atomic mass is 79.9. The lowest BCUT2D eigenvalue weighted by molar-refractivity contribution is 0.624. The van der Waals surface area contributed by atoms with E-state index in [1.54, 1.807) is 0 Å². The van der Waals surface area contributed by atoms with E-state index in [-0.39, 0.29) is 0 Å². The molecule has 0 radical (unpaired) electrons. The molecule has 1 aliphatic carbocycles. The lowest BCUT2D eigenvalue weighted by atomic mass is 10.1. The molecule has 1 fully saturated rings. The van der Waals surface area contributed by atoms with Gasteiger partial charge in [0.2, 0.25) is 0 Å². The van der Waals surface area contributed by atoms with Gasteiger partial charge >= 0.3 is 0 Å². The molecule has 0 saturated heterocycles. The predicted molar refractivity (Wildman–Crippen MR) is 45.0 cm³/mol. The Morgan fingerprint density at radius 2 is 1.89 bits per heavy atom. The minimum atomic E-state index is 1.14. The Morgan fingerprint density at radius 1 is 1.11 bits per heavy atom. The Kier molecular flexibility index (Phi) is 3.64. The summed E-state index contributed by atoms with van der Waals surface area (Å²) < 4.78 is 0. The van der Waals surface area contributed by atoms with Crippen molar-refractivity contribution in [3.05, 3.63) is 0 Å². The van der Waals surface area contributed by atoms with Crippen molar-refractivity contribution < 1.29 is 0 Å². The van der Waals surface area contributed by atoms with Gasteiger partial charge in [0, 0.05) is 5.33 Å². The van der Waals surface area contributed by atoms with Crippen LogP contribution < -0.4 is 0 Å². The third-order valence-corrected chi connectivity index (χ3v) is 2.50. The van der Waals surface area contributed by atoms with Crippen LogP contribution in [0.5, 0.6) is 0 Å². The van der Waals surface area contributed by atoms with E-state index in [2.05, 4.69) is 15.9 Å². The van der Waals surface area contributed by atoms with E-state index in [9.17, 15) is 0 Å². The maximum Gasteiger partial charge on any atom is 0.00313 e. The van der Waals surface area contributed by atoms with Crippen molar-refractivity contribution in [1.29, 1.82) is 0 Å². The Morgan fingerprint density at radius 3 is 2.44 bits per heavy atom. The molecule has 0 heterocycles. The Hall–Kier alpha value is 0.480. The molecule has 1 aliphatic rings. The number of alkyl halides is 1. The summed E-state index contributed by atoms with van der Waals surface area (Å²) in [5.41, 5.74) is 0. The molecule has 0 aliphatic heterocycles. The molecule has 54 valence electrons. The molecule has 0 aromatic carbocycles. The van der Waals surface area contributed by atoms with Gasteiger partial charge in [-0.15, -0.1) is 0 Å². The van der Waals surface area contributed by atoms with Crippen LogP contribution in [0, 0.1) is 5.92 Å². The first-order chi connectivity index (χ1) is 4.43. The molecule has 0 amide bonds. The van der Waals surface area contributed by atoms with E-state index in [1.807, 2.05) is 0 Å². The summed E-state index contributed by atoms with van der Waals surface area (Å²) >= 11 is 3.43. The minimum Gasteiger partial charge on any atom is -0.0928 e. The molecule has 1 saturated carbocycles. The minimum absolute atomic E-state index is 1.14. The van der Waals surface area contributed by atoms with Gasteiger partial charge in [-0.1, -0.05) is 48.0 Å². The standard InChI is InChI=1S/C8H15Br/c9-7-3-1-2-4-8-5-6-8/h8H,1-7H2. The first-order valence-corrected chi connectivity index (χ1v) is 5.11. The number of hydrogen-bond donors (Lipinski definition) is 0. The molecular formula is C8H15Br. The van der Waals surface area contributed by atoms with Crippen molar-refractivity contribution in [1.82, 2.24) is 0 Å². The lowest BCUT2D eigenvalue weighted by Gasteiger charge is -1.94. The average molecular weight is 191 g/mol. The zero-order valence-electron chi connectivity index (χ0n) is 5.91. The highest BCUT2D eigenvalue weighted by molar-refractivity contribution is 9.09. The van der Waals surface area contributed by atoms with Gasteiger partial charge < -0.3 is 0 Å². The van der Waals surface area contributed by atoms with Gasteiger partial charge in [-0.25, -0.2) is 0 Å². The fraction of sp³-hybridized carbons (Fsp3) is 1.00. The second-order valence-electron chi connectivity index (χ2n) is 2.98. The molecule has 0 atom stereocenters. The highest BCUT2D eigenvalue weighted by Gasteiger charge is 2.19. The summed E-state index contributed by atoms with van der Waals surface area (Å²) in [7, 11) is 0. The van der Waals surface area contributed by atoms with E-state index in [1.165, 1.54) is 43.9 Å². The molecule has 0 nitrogen and oxygen atoms in total. The van der Waals surface area contributed by atoms with Crippen LogP contribution in [0.15, 0.2) is 0 Å². The van der Waals surface area contributed by atoms with E-state index in [0.717, 1.165) is 5.92 Å². The Balaban J connectivity index is 1.71. The fourth-order valence-corrected chi connectivity index (χ4v) is 1.51. The topological polar surface area (TPSA) is 0 Å². The van der Waals surface area contributed by atoms with Crippen molar-refractivity contribution in [3.63, 3.8) is 0 Å². The Labute approximate surface area is 66.2 Å². The third kappa shape index (κ3) is 3.96. The summed E-state index contributed by atoms with van der Waals surface area (Å²) in [6.45, 7) is 0. The summed E-state index contributed by atoms with van der Waals surface area (Å²) in [4.78, 5) is 0. The van der Waals surface area contributed by atoms with Gasteiger partial charge in [-0.05, 0) is 12.3 Å². The molecule has 0 aromatic rings. The van der Waals surface area contributed by atoms with Crippen molar-refractivity contribution in [2.75, 3.05) is 5.33 Å². The van der Waals surface area contributed by atoms with Gasteiger partial charge in [-0.3, -0.25) is 0 Å². The van der Waals surface area contributed by atoms with Crippen LogP contribution >= 0.6 is 15.9 Å². The number of halogens is 1. The largest absolute Gasteiger partial charge is 0.0928 e. The van der Waals surface area contributed by atoms with Crippen LogP contribution in [-0.4, -0.2) is 5.33 Å². The second kappa shape index (κ2) is 4.32. The van der Waals surface area contributed by atoms with Crippen LogP contribution in [0.3, 0.4) is 0 Å². The number of unbranched alkanes of at least 4 members (excludes halogenated alkanes) is 2. The summed E-state index contributed by atoms with van der Waals surface area (Å²) in [6, 6.07) is 0. The molecule has 0 aromatic heterocycles. The summed E-state index contributed by atoms with van der Waals surface area (Å²) in [6.07, 6.45) is 8.82. The quantitative estimate of drug-likeness (QED) is 0.461. The van der Waals surface area contributed by atoms with Crippen LogP contribution in [0.25, 0.3) is 0 Å². The summed E-state index contributed by atoms with van der Waals surface area (Å²) in [5, 5.41) is 1.19. The zero-order chi connectivity index (χ0) is 6.53. The van der Waals surface area contributed by atoms with Gasteiger partial charge in [0.05, 0.1) is 0 Å². The van der Waals surface area contributed by atoms with Crippen LogP contribution in [0.2, 0.25) is 0 Å². The van der Waals surface area contributed by atoms with Crippen LogP contribution in [0.1, 0.15) is 38.5 Å². The van der Waals surface area contributed by atoms with E-state index >= 15 is 0 Å². The maximum atomic E-state index is 3.43. The van der Waals surface area contributed by atoms with E-state index in [0.29, 0.717) is 0 Å². The highest BCUT2D eigenvalue weighted by Crippen LogP contribution is 2.33. The summed E-state index contributed by atoms with van der Waals surface area (Å²) in [5.74, 6) is 1.14. The predicted octanol–water partition coefficient (Wildman–Crippen LogP) is 3.35. The second-order valence-corrected chi connectivity index (χ2v) is 3.77. The van der Waals surface area contributed by atoms with Gasteiger partial charge in [0.25, 0.3) is 0 Å². The molecule has 1 rings (SSSR count). The molecule has 0 bridgehead atoms. The average Bonchev–Trinajstić information content (AvgIpc) is 2.63. The van der Waals surface area contributed by atoms with E-state index < -0.39 is 0 Å². The van der Waals surface area contributed by atoms with Crippen molar-refractivity contribution in [2.24, 2.45) is 5.92 Å². The maximum absolute atomic E-state index is 3.43. The Bertz CT molecular complexity index is 67.0. The van der Waals surface area contributed by atoms with Gasteiger partial charge in [0.15, 0.2) is 0 Å². The van der Waals surface area contributed by atoms with Gasteiger partial charge in [-0.2, -0.15) is 0 Å². The fourth-order valence-electron chi connectivity index (χ4n) is 1.11. The SMILES string of the molecule is BrCCCCCC1CC1. The number of hydrogen-bond acceptors (Lipinski definition) is 0. The first kappa shape index (κ1) is 7.59. The zero-order valence-corrected chi connectivity index (χ0v) is 7.49. The van der Waals surface area contributed by atoms with Crippen LogP contribution in [0.4, 0.5) is 0 Å². The smallest absolute Gasteiger partial charge is 0.00313 e. The molecule has 0 N–H and O–H groups in total. The normalized spacial score (nSPS) is 18.3. The molecule has 1 heteroatoms. The van der Waals surface area contributed by atoms with Crippen molar-refractivity contribution in [3.8, 4) is 0 Å². The van der Waals surface area contributed by atoms with Crippen LogP contribution in [-0.2, 0) is 0 Å². The van der Waals surface area contributed by atoms with E-state index in [4.69, 9.17) is 0 Å². The monoisotopic (exact) mass is 190 g/mol. The molecule has 0 unspecified atom stereocenters. The van der Waals surface area contributed by atoms with Gasteiger partial charge in [0.1, 0.15) is 0 Å².